The molecule has 4 N–H and O–H groups in total. The standard InChI is InChI=1S/C19H27N7O2/c20-10-13-3-4-15(22-11-13)16-17(23-14-2-1-5-21-12-14)24-19(25-18(16)27)26-6-8-28-9-7-26/h3-4,11,14,16-17,19,21,23-24H,1-2,5-9,12H2,(H,25,27)/t14-,16?,17?,19?/m1/s1. The summed E-state index contributed by atoms with van der Waals surface area (Å²) < 4.78 is 5.44. The molecule has 0 spiro atoms. The van der Waals surface area contributed by atoms with E-state index in [1.165, 1.54) is 6.20 Å². The van der Waals surface area contributed by atoms with Gasteiger partial charge in [-0.1, -0.05) is 0 Å². The van der Waals surface area contributed by atoms with Crippen molar-refractivity contribution in [1.29, 1.82) is 5.26 Å². The number of ether oxygens (including phenoxy) is 1. The number of carbonyl (C=O) groups is 1. The van der Waals surface area contributed by atoms with E-state index in [-0.39, 0.29) is 18.4 Å². The Kier molecular flexibility index (Phi) is 6.14. The van der Waals surface area contributed by atoms with E-state index in [1.807, 2.05) is 0 Å². The second-order valence-corrected chi connectivity index (χ2v) is 7.47. The number of nitrogens with zero attached hydrogens (tertiary/aromatic N) is 3. The minimum atomic E-state index is -0.466. The van der Waals surface area contributed by atoms with E-state index in [0.717, 1.165) is 39.0 Å². The van der Waals surface area contributed by atoms with Gasteiger partial charge in [-0.3, -0.25) is 25.3 Å². The predicted molar refractivity (Wildman–Crippen MR) is 102 cm³/mol. The number of amides is 1. The van der Waals surface area contributed by atoms with Gasteiger partial charge in [0.2, 0.25) is 5.91 Å². The number of rotatable bonds is 4. The minimum Gasteiger partial charge on any atom is -0.379 e. The fraction of sp³-hybridized carbons (Fsp3) is 0.632. The lowest BCUT2D eigenvalue weighted by molar-refractivity contribution is -0.131. The second kappa shape index (κ2) is 8.94. The van der Waals surface area contributed by atoms with Crippen LogP contribution in [0.15, 0.2) is 18.3 Å². The Morgan fingerprint density at radius 3 is 2.86 bits per heavy atom. The van der Waals surface area contributed by atoms with Crippen LogP contribution in [-0.4, -0.2) is 73.7 Å². The zero-order chi connectivity index (χ0) is 19.3. The first-order valence-electron chi connectivity index (χ1n) is 9.95. The summed E-state index contributed by atoms with van der Waals surface area (Å²) in [6.07, 6.45) is 3.23. The van der Waals surface area contributed by atoms with Crippen LogP contribution in [0.5, 0.6) is 0 Å². The van der Waals surface area contributed by atoms with Gasteiger partial charge >= 0.3 is 0 Å². The van der Waals surface area contributed by atoms with Gasteiger partial charge in [0.1, 0.15) is 18.3 Å². The van der Waals surface area contributed by atoms with Crippen molar-refractivity contribution < 1.29 is 9.53 Å². The van der Waals surface area contributed by atoms with Crippen molar-refractivity contribution in [2.75, 3.05) is 39.4 Å². The van der Waals surface area contributed by atoms with Gasteiger partial charge in [-0.15, -0.1) is 0 Å². The summed E-state index contributed by atoms with van der Waals surface area (Å²) in [7, 11) is 0. The Morgan fingerprint density at radius 1 is 1.32 bits per heavy atom. The second-order valence-electron chi connectivity index (χ2n) is 7.47. The summed E-state index contributed by atoms with van der Waals surface area (Å²) in [5.41, 5.74) is 1.14. The predicted octanol–water partition coefficient (Wildman–Crippen LogP) is -0.960. The van der Waals surface area contributed by atoms with E-state index in [4.69, 9.17) is 10.00 Å². The van der Waals surface area contributed by atoms with Gasteiger partial charge in [0.25, 0.3) is 0 Å². The molecule has 28 heavy (non-hydrogen) atoms. The third-order valence-electron chi connectivity index (χ3n) is 5.59. The van der Waals surface area contributed by atoms with Gasteiger partial charge in [-0.05, 0) is 31.5 Å². The van der Waals surface area contributed by atoms with Crippen molar-refractivity contribution in [2.45, 2.75) is 37.3 Å². The molecule has 9 heteroatoms. The highest BCUT2D eigenvalue weighted by Crippen LogP contribution is 2.23. The van der Waals surface area contributed by atoms with Crippen molar-refractivity contribution in [3.8, 4) is 6.07 Å². The Labute approximate surface area is 164 Å². The summed E-state index contributed by atoms with van der Waals surface area (Å²) in [6.45, 7) is 4.80. The molecule has 0 aliphatic carbocycles. The van der Waals surface area contributed by atoms with Crippen LogP contribution in [0.25, 0.3) is 0 Å². The lowest BCUT2D eigenvalue weighted by atomic mass is 9.95. The van der Waals surface area contributed by atoms with Gasteiger partial charge in [0, 0.05) is 31.9 Å². The summed E-state index contributed by atoms with van der Waals surface area (Å²) in [5.74, 6) is -0.527. The van der Waals surface area contributed by atoms with E-state index in [2.05, 4.69) is 37.2 Å². The monoisotopic (exact) mass is 385 g/mol. The molecule has 0 radical (unpaired) electrons. The van der Waals surface area contributed by atoms with Crippen LogP contribution < -0.4 is 21.3 Å². The van der Waals surface area contributed by atoms with E-state index in [9.17, 15) is 4.79 Å². The van der Waals surface area contributed by atoms with E-state index in [1.54, 1.807) is 12.1 Å². The van der Waals surface area contributed by atoms with Gasteiger partial charge in [0.15, 0.2) is 0 Å². The lowest BCUT2D eigenvalue weighted by Crippen LogP contribution is -2.71. The van der Waals surface area contributed by atoms with Gasteiger partial charge in [-0.2, -0.15) is 5.26 Å². The maximum Gasteiger partial charge on any atom is 0.234 e. The van der Waals surface area contributed by atoms with Crippen LogP contribution in [0.4, 0.5) is 0 Å². The van der Waals surface area contributed by atoms with Crippen molar-refractivity contribution in [1.82, 2.24) is 31.2 Å². The van der Waals surface area contributed by atoms with Crippen LogP contribution in [0, 0.1) is 11.3 Å². The van der Waals surface area contributed by atoms with Gasteiger partial charge in [0.05, 0.1) is 30.6 Å². The molecule has 3 aliphatic heterocycles. The first kappa shape index (κ1) is 19.2. The number of carbonyl (C=O) groups excluding carboxylic acids is 1. The Morgan fingerprint density at radius 2 is 2.18 bits per heavy atom. The molecule has 150 valence electrons. The summed E-state index contributed by atoms with van der Waals surface area (Å²) in [6, 6.07) is 5.85. The molecule has 3 aliphatic rings. The van der Waals surface area contributed by atoms with Gasteiger partial charge in [-0.25, -0.2) is 0 Å². The number of nitriles is 1. The molecule has 3 fully saturated rings. The first-order valence-corrected chi connectivity index (χ1v) is 9.95. The molecule has 3 unspecified atom stereocenters. The van der Waals surface area contributed by atoms with Crippen LogP contribution >= 0.6 is 0 Å². The van der Waals surface area contributed by atoms with E-state index < -0.39 is 5.92 Å². The van der Waals surface area contributed by atoms with Crippen molar-refractivity contribution >= 4 is 5.91 Å². The normalized spacial score (nSPS) is 31.8. The SMILES string of the molecule is N#Cc1ccc(C2C(=O)NC(N3CCOCC3)NC2N[C@@H]2CCCNC2)nc1. The fourth-order valence-electron chi connectivity index (χ4n) is 4.07. The minimum absolute atomic E-state index is 0.0614. The molecule has 0 saturated carbocycles. The smallest absolute Gasteiger partial charge is 0.234 e. The largest absolute Gasteiger partial charge is 0.379 e. The quantitative estimate of drug-likeness (QED) is 0.524. The maximum atomic E-state index is 13.1. The Balaban J connectivity index is 1.54. The Hall–Kier alpha value is -2.09. The topological polar surface area (TPSA) is 114 Å². The molecule has 1 aromatic heterocycles. The van der Waals surface area contributed by atoms with Crippen LogP contribution in [0.2, 0.25) is 0 Å². The Bertz CT molecular complexity index is 708. The molecule has 3 saturated heterocycles. The molecule has 4 heterocycles. The molecular formula is C19H27N7O2. The zero-order valence-electron chi connectivity index (χ0n) is 15.9. The number of hydrogen-bond donors (Lipinski definition) is 4. The zero-order valence-corrected chi connectivity index (χ0v) is 15.9. The highest BCUT2D eigenvalue weighted by Gasteiger charge is 2.41. The number of piperidine rings is 1. The third-order valence-corrected chi connectivity index (χ3v) is 5.59. The molecular weight excluding hydrogens is 358 g/mol. The third kappa shape index (κ3) is 4.32. The number of hydrogen-bond acceptors (Lipinski definition) is 8. The summed E-state index contributed by atoms with van der Waals surface area (Å²) in [5, 5.41) is 22.7. The van der Waals surface area contributed by atoms with E-state index >= 15 is 0 Å². The van der Waals surface area contributed by atoms with Crippen LogP contribution in [0.1, 0.15) is 30.0 Å². The molecule has 0 aromatic carbocycles. The van der Waals surface area contributed by atoms with Crippen molar-refractivity contribution in [2.24, 2.45) is 0 Å². The lowest BCUT2D eigenvalue weighted by Gasteiger charge is -2.44. The van der Waals surface area contributed by atoms with Crippen molar-refractivity contribution in [3.05, 3.63) is 29.6 Å². The number of morpholine rings is 1. The number of pyridine rings is 1. The molecule has 0 bridgehead atoms. The average Bonchev–Trinajstić information content (AvgIpc) is 2.75. The highest BCUT2D eigenvalue weighted by atomic mass is 16.5. The molecule has 1 amide bonds. The molecule has 1 aromatic rings. The first-order chi connectivity index (χ1) is 13.7. The van der Waals surface area contributed by atoms with Crippen molar-refractivity contribution in [3.63, 3.8) is 0 Å². The summed E-state index contributed by atoms with van der Waals surface area (Å²) in [4.78, 5) is 19.7. The maximum absolute atomic E-state index is 13.1. The summed E-state index contributed by atoms with van der Waals surface area (Å²) >= 11 is 0. The highest BCUT2D eigenvalue weighted by molar-refractivity contribution is 5.85. The van der Waals surface area contributed by atoms with E-state index in [0.29, 0.717) is 30.5 Å². The molecule has 9 nitrogen and oxygen atoms in total. The number of aromatic nitrogens is 1. The average molecular weight is 385 g/mol. The fourth-order valence-corrected chi connectivity index (χ4v) is 4.07. The molecule has 4 rings (SSSR count). The molecule has 4 atom stereocenters. The number of nitrogens with one attached hydrogen (secondary N) is 4. The van der Waals surface area contributed by atoms with Crippen LogP contribution in [-0.2, 0) is 9.53 Å². The van der Waals surface area contributed by atoms with Crippen LogP contribution in [0.3, 0.4) is 0 Å². The van der Waals surface area contributed by atoms with Gasteiger partial charge < -0.3 is 15.4 Å².